The maximum absolute atomic E-state index is 12.7. The van der Waals surface area contributed by atoms with E-state index in [1.165, 1.54) is 5.56 Å². The van der Waals surface area contributed by atoms with Gasteiger partial charge in [-0.25, -0.2) is 8.42 Å². The molecule has 0 aliphatic carbocycles. The summed E-state index contributed by atoms with van der Waals surface area (Å²) in [6.45, 7) is 5.99. The molecule has 1 aliphatic rings. The molecule has 0 bridgehead atoms. The Morgan fingerprint density at radius 2 is 1.95 bits per heavy atom. The van der Waals surface area contributed by atoms with Gasteiger partial charge in [0.25, 0.3) is 0 Å². The van der Waals surface area contributed by atoms with Crippen molar-refractivity contribution in [2.75, 3.05) is 19.6 Å². The summed E-state index contributed by atoms with van der Waals surface area (Å²) in [7, 11) is -3.38. The van der Waals surface area contributed by atoms with Crippen molar-refractivity contribution in [2.24, 2.45) is 11.7 Å². The van der Waals surface area contributed by atoms with Gasteiger partial charge in [-0.1, -0.05) is 26.0 Å². The number of hydrogen-bond donors (Lipinski definition) is 1. The minimum absolute atomic E-state index is 0. The van der Waals surface area contributed by atoms with Crippen molar-refractivity contribution in [1.82, 2.24) is 4.31 Å². The highest BCUT2D eigenvalue weighted by Gasteiger charge is 2.29. The number of piperidine rings is 1. The second-order valence-electron chi connectivity index (χ2n) is 5.99. The second-order valence-corrected chi connectivity index (χ2v) is 7.92. The van der Waals surface area contributed by atoms with Crippen LogP contribution in [0.3, 0.4) is 0 Å². The molecule has 2 unspecified atom stereocenters. The van der Waals surface area contributed by atoms with Gasteiger partial charge in [0.2, 0.25) is 10.0 Å². The third kappa shape index (κ3) is 4.22. The molecule has 1 fully saturated rings. The van der Waals surface area contributed by atoms with Crippen molar-refractivity contribution in [3.63, 3.8) is 0 Å². The zero-order valence-electron chi connectivity index (χ0n) is 13.4. The van der Waals surface area contributed by atoms with E-state index in [0.717, 1.165) is 19.3 Å². The zero-order valence-corrected chi connectivity index (χ0v) is 15.0. The predicted molar refractivity (Wildman–Crippen MR) is 92.9 cm³/mol. The highest BCUT2D eigenvalue weighted by molar-refractivity contribution is 7.89. The van der Waals surface area contributed by atoms with E-state index in [4.69, 9.17) is 5.73 Å². The summed E-state index contributed by atoms with van der Waals surface area (Å²) in [5.41, 5.74) is 6.88. The summed E-state index contributed by atoms with van der Waals surface area (Å²) >= 11 is 0. The van der Waals surface area contributed by atoms with Gasteiger partial charge in [0.05, 0.1) is 4.90 Å². The molecule has 1 heterocycles. The highest BCUT2D eigenvalue weighted by atomic mass is 35.5. The van der Waals surface area contributed by atoms with Gasteiger partial charge >= 0.3 is 0 Å². The van der Waals surface area contributed by atoms with Crippen LogP contribution in [0.25, 0.3) is 0 Å². The third-order valence-corrected chi connectivity index (χ3v) is 6.39. The SMILES string of the molecule is CCC(C)c1ccc(S(=O)(=O)N2CCCC(CN)C2)cc1.Cl. The first-order valence-electron chi connectivity index (χ1n) is 7.79. The lowest BCUT2D eigenvalue weighted by molar-refractivity contribution is 0.271. The Morgan fingerprint density at radius 3 is 2.50 bits per heavy atom. The molecule has 0 radical (unpaired) electrons. The molecule has 6 heteroatoms. The van der Waals surface area contributed by atoms with E-state index in [0.29, 0.717) is 30.4 Å². The van der Waals surface area contributed by atoms with Crippen LogP contribution in [0, 0.1) is 5.92 Å². The van der Waals surface area contributed by atoms with Gasteiger partial charge < -0.3 is 5.73 Å². The fraction of sp³-hybridized carbons (Fsp3) is 0.625. The topological polar surface area (TPSA) is 63.4 Å². The van der Waals surface area contributed by atoms with Gasteiger partial charge in [0, 0.05) is 13.1 Å². The van der Waals surface area contributed by atoms with Gasteiger partial charge in [-0.05, 0) is 55.3 Å². The van der Waals surface area contributed by atoms with E-state index in [2.05, 4.69) is 13.8 Å². The molecule has 1 saturated heterocycles. The van der Waals surface area contributed by atoms with Crippen LogP contribution < -0.4 is 5.73 Å². The van der Waals surface area contributed by atoms with Gasteiger partial charge in [0.15, 0.2) is 0 Å². The largest absolute Gasteiger partial charge is 0.330 e. The summed E-state index contributed by atoms with van der Waals surface area (Å²) in [6, 6.07) is 7.35. The van der Waals surface area contributed by atoms with Gasteiger partial charge in [-0.2, -0.15) is 4.31 Å². The Morgan fingerprint density at radius 1 is 1.32 bits per heavy atom. The van der Waals surface area contributed by atoms with E-state index in [1.807, 2.05) is 12.1 Å². The molecule has 0 saturated carbocycles. The summed E-state index contributed by atoms with van der Waals surface area (Å²) in [6.07, 6.45) is 2.97. The standard InChI is InChI=1S/C16H26N2O2S.ClH/c1-3-13(2)15-6-8-16(9-7-15)21(19,20)18-10-4-5-14(11-17)12-18;/h6-9,13-14H,3-5,10-12,17H2,1-2H3;1H. The predicted octanol–water partition coefficient (Wildman–Crippen LogP) is 2.98. The molecule has 1 aliphatic heterocycles. The van der Waals surface area contributed by atoms with E-state index in [1.54, 1.807) is 16.4 Å². The zero-order chi connectivity index (χ0) is 15.5. The summed E-state index contributed by atoms with van der Waals surface area (Å²) in [4.78, 5) is 0.396. The van der Waals surface area contributed by atoms with Crippen LogP contribution in [0.5, 0.6) is 0 Å². The maximum atomic E-state index is 12.7. The molecule has 2 N–H and O–H groups in total. The van der Waals surface area contributed by atoms with Crippen LogP contribution in [-0.4, -0.2) is 32.4 Å². The number of benzene rings is 1. The van der Waals surface area contributed by atoms with Crippen LogP contribution in [0.2, 0.25) is 0 Å². The summed E-state index contributed by atoms with van der Waals surface area (Å²) in [5, 5.41) is 0. The number of sulfonamides is 1. The molecular weight excluding hydrogens is 320 g/mol. The monoisotopic (exact) mass is 346 g/mol. The van der Waals surface area contributed by atoms with Crippen molar-refractivity contribution in [3.05, 3.63) is 29.8 Å². The molecule has 0 spiro atoms. The molecule has 2 atom stereocenters. The third-order valence-electron chi connectivity index (χ3n) is 4.51. The van der Waals surface area contributed by atoms with Crippen molar-refractivity contribution in [2.45, 2.75) is 43.9 Å². The maximum Gasteiger partial charge on any atom is 0.243 e. The van der Waals surface area contributed by atoms with Crippen LogP contribution in [0.15, 0.2) is 29.2 Å². The van der Waals surface area contributed by atoms with Crippen molar-refractivity contribution >= 4 is 22.4 Å². The number of hydrogen-bond acceptors (Lipinski definition) is 3. The summed E-state index contributed by atoms with van der Waals surface area (Å²) < 4.78 is 27.0. The van der Waals surface area contributed by atoms with Crippen LogP contribution in [0.1, 0.15) is 44.6 Å². The molecule has 22 heavy (non-hydrogen) atoms. The highest BCUT2D eigenvalue weighted by Crippen LogP contribution is 2.25. The average molecular weight is 347 g/mol. The first-order valence-corrected chi connectivity index (χ1v) is 9.23. The minimum Gasteiger partial charge on any atom is -0.330 e. The first-order chi connectivity index (χ1) is 9.98. The average Bonchev–Trinajstić information content (AvgIpc) is 2.54. The lowest BCUT2D eigenvalue weighted by Gasteiger charge is -2.31. The molecule has 4 nitrogen and oxygen atoms in total. The van der Waals surface area contributed by atoms with Crippen LogP contribution in [0.4, 0.5) is 0 Å². The Bertz CT molecular complexity index is 560. The fourth-order valence-electron chi connectivity index (χ4n) is 2.79. The molecule has 2 rings (SSSR count). The number of nitrogens with two attached hydrogens (primary N) is 1. The van der Waals surface area contributed by atoms with E-state index < -0.39 is 10.0 Å². The van der Waals surface area contributed by atoms with Gasteiger partial charge in [-0.3, -0.25) is 0 Å². The molecule has 0 aromatic heterocycles. The first kappa shape index (κ1) is 19.4. The quantitative estimate of drug-likeness (QED) is 0.891. The second kappa shape index (κ2) is 8.29. The Kier molecular flexibility index (Phi) is 7.32. The molecular formula is C16H27ClN2O2S. The Hall–Kier alpha value is -0.620. The Labute approximate surface area is 140 Å². The number of nitrogens with zero attached hydrogens (tertiary/aromatic N) is 1. The molecule has 0 amide bonds. The molecule has 126 valence electrons. The van der Waals surface area contributed by atoms with Crippen LogP contribution in [-0.2, 0) is 10.0 Å². The van der Waals surface area contributed by atoms with Gasteiger partial charge in [-0.15, -0.1) is 12.4 Å². The van der Waals surface area contributed by atoms with E-state index >= 15 is 0 Å². The molecule has 1 aromatic rings. The van der Waals surface area contributed by atoms with E-state index in [9.17, 15) is 8.42 Å². The van der Waals surface area contributed by atoms with E-state index in [-0.39, 0.29) is 18.3 Å². The van der Waals surface area contributed by atoms with Crippen molar-refractivity contribution in [1.29, 1.82) is 0 Å². The van der Waals surface area contributed by atoms with Crippen LogP contribution >= 0.6 is 12.4 Å². The minimum atomic E-state index is -3.38. The molecule has 1 aromatic carbocycles. The van der Waals surface area contributed by atoms with Crippen molar-refractivity contribution < 1.29 is 8.42 Å². The lowest BCUT2D eigenvalue weighted by atomic mass is 9.99. The number of halogens is 1. The Balaban J connectivity index is 0.00000242. The van der Waals surface area contributed by atoms with Gasteiger partial charge in [0.1, 0.15) is 0 Å². The normalized spacial score (nSPS) is 21.1. The lowest BCUT2D eigenvalue weighted by Crippen LogP contribution is -2.41. The fourth-order valence-corrected chi connectivity index (χ4v) is 4.35. The smallest absolute Gasteiger partial charge is 0.243 e. The summed E-state index contributed by atoms with van der Waals surface area (Å²) in [5.74, 6) is 0.742. The number of rotatable bonds is 5. The van der Waals surface area contributed by atoms with Crippen molar-refractivity contribution in [3.8, 4) is 0 Å².